The number of anilines is 1. The van der Waals surface area contributed by atoms with Crippen molar-refractivity contribution in [1.82, 2.24) is 15.1 Å². The lowest BCUT2D eigenvalue weighted by Crippen LogP contribution is -2.31. The molecule has 29 heavy (non-hydrogen) atoms. The molecule has 4 rings (SSSR count). The molecule has 2 amide bonds. The summed E-state index contributed by atoms with van der Waals surface area (Å²) < 4.78 is 1.33. The zero-order chi connectivity index (χ0) is 20.8. The van der Waals surface area contributed by atoms with Crippen LogP contribution in [-0.4, -0.2) is 21.7 Å². The summed E-state index contributed by atoms with van der Waals surface area (Å²) in [6.07, 6.45) is 3.46. The van der Waals surface area contributed by atoms with Gasteiger partial charge in [0, 0.05) is 12.3 Å². The van der Waals surface area contributed by atoms with Gasteiger partial charge in [0.05, 0.1) is 23.4 Å². The first-order valence-corrected chi connectivity index (χ1v) is 9.92. The van der Waals surface area contributed by atoms with Crippen molar-refractivity contribution in [1.29, 1.82) is 0 Å². The van der Waals surface area contributed by atoms with Crippen LogP contribution in [0.5, 0.6) is 0 Å². The van der Waals surface area contributed by atoms with E-state index >= 15 is 0 Å². The predicted molar refractivity (Wildman–Crippen MR) is 114 cm³/mol. The highest BCUT2D eigenvalue weighted by Crippen LogP contribution is 2.34. The number of urea groups is 1. The summed E-state index contributed by atoms with van der Waals surface area (Å²) in [5.41, 5.74) is 5.24. The molecule has 1 atom stereocenters. The first kappa shape index (κ1) is 19.2. The number of nitrogens with zero attached hydrogens (tertiary/aromatic N) is 2. The summed E-state index contributed by atoms with van der Waals surface area (Å²) in [7, 11) is 0. The van der Waals surface area contributed by atoms with E-state index in [-0.39, 0.29) is 23.4 Å². The van der Waals surface area contributed by atoms with Gasteiger partial charge in [0.15, 0.2) is 0 Å². The maximum absolute atomic E-state index is 12.7. The first-order chi connectivity index (χ1) is 13.7. The molecule has 6 heteroatoms. The predicted octanol–water partition coefficient (Wildman–Crippen LogP) is 4.80. The first-order valence-electron chi connectivity index (χ1n) is 9.92. The van der Waals surface area contributed by atoms with Crippen LogP contribution < -0.4 is 10.6 Å². The van der Waals surface area contributed by atoms with Crippen molar-refractivity contribution in [2.24, 2.45) is 0 Å². The molecule has 150 valence electrons. The minimum Gasteiger partial charge on any atom is -0.331 e. The average Bonchev–Trinajstić information content (AvgIpc) is 3.25. The molecule has 1 aromatic heterocycles. The average molecular weight is 390 g/mol. The van der Waals surface area contributed by atoms with Crippen LogP contribution in [0.3, 0.4) is 0 Å². The number of hydrogen-bond acceptors (Lipinski definition) is 3. The highest BCUT2D eigenvalue weighted by atomic mass is 16.2. The van der Waals surface area contributed by atoms with Crippen molar-refractivity contribution in [3.63, 3.8) is 0 Å². The van der Waals surface area contributed by atoms with E-state index in [0.29, 0.717) is 11.2 Å². The number of amides is 2. The lowest BCUT2D eigenvalue weighted by atomic mass is 9.85. The molecule has 2 N–H and O–H groups in total. The van der Waals surface area contributed by atoms with E-state index in [4.69, 9.17) is 0 Å². The van der Waals surface area contributed by atoms with Crippen molar-refractivity contribution >= 4 is 28.5 Å². The molecule has 6 nitrogen and oxygen atoms in total. The van der Waals surface area contributed by atoms with Gasteiger partial charge >= 0.3 is 6.03 Å². The quantitative estimate of drug-likeness (QED) is 0.660. The zero-order valence-corrected chi connectivity index (χ0v) is 17.2. The van der Waals surface area contributed by atoms with E-state index < -0.39 is 0 Å². The zero-order valence-electron chi connectivity index (χ0n) is 17.2. The number of rotatable bonds is 2. The molecule has 0 spiro atoms. The van der Waals surface area contributed by atoms with Gasteiger partial charge in [-0.2, -0.15) is 5.10 Å². The Morgan fingerprint density at radius 1 is 1.17 bits per heavy atom. The largest absolute Gasteiger partial charge is 0.331 e. The van der Waals surface area contributed by atoms with Gasteiger partial charge in [0.25, 0.3) is 0 Å². The van der Waals surface area contributed by atoms with Crippen LogP contribution >= 0.6 is 0 Å². The van der Waals surface area contributed by atoms with Crippen LogP contribution in [0.2, 0.25) is 0 Å². The van der Waals surface area contributed by atoms with Crippen LogP contribution in [0.25, 0.3) is 10.9 Å². The second kappa shape index (κ2) is 7.03. The highest BCUT2D eigenvalue weighted by Gasteiger charge is 2.26. The molecule has 1 heterocycles. The molecule has 0 unspecified atom stereocenters. The van der Waals surface area contributed by atoms with Crippen LogP contribution in [0.4, 0.5) is 10.5 Å². The SMILES string of the molecule is CC(=O)n1ncc2c(NC(=O)N[C@@H]3CCc4cc(C(C)(C)C)ccc43)cccc21. The normalized spacial score (nSPS) is 15.9. The Balaban J connectivity index is 1.51. The lowest BCUT2D eigenvalue weighted by Gasteiger charge is -2.21. The topological polar surface area (TPSA) is 76.0 Å². The molecule has 0 saturated heterocycles. The highest BCUT2D eigenvalue weighted by molar-refractivity contribution is 6.02. The summed E-state index contributed by atoms with van der Waals surface area (Å²) in [4.78, 5) is 24.4. The lowest BCUT2D eigenvalue weighted by molar-refractivity contribution is 0.0926. The fourth-order valence-electron chi connectivity index (χ4n) is 3.96. The Hall–Kier alpha value is -3.15. The number of hydrogen-bond donors (Lipinski definition) is 2. The van der Waals surface area contributed by atoms with Gasteiger partial charge in [0.1, 0.15) is 0 Å². The smallest absolute Gasteiger partial charge is 0.319 e. The van der Waals surface area contributed by atoms with Crippen LogP contribution in [0.1, 0.15) is 61.6 Å². The number of aromatic nitrogens is 2. The van der Waals surface area contributed by atoms with Gasteiger partial charge in [0.2, 0.25) is 5.91 Å². The van der Waals surface area contributed by atoms with Gasteiger partial charge < -0.3 is 10.6 Å². The molecule has 1 aliphatic rings. The Bertz CT molecular complexity index is 1110. The Labute approximate surface area is 170 Å². The summed E-state index contributed by atoms with van der Waals surface area (Å²) >= 11 is 0. The van der Waals surface area contributed by atoms with Crippen molar-refractivity contribution < 1.29 is 9.59 Å². The third-order valence-electron chi connectivity index (χ3n) is 5.55. The minimum absolute atomic E-state index is 0.00170. The molecule has 0 bridgehead atoms. The maximum atomic E-state index is 12.7. The van der Waals surface area contributed by atoms with Crippen molar-refractivity contribution in [3.05, 3.63) is 59.3 Å². The van der Waals surface area contributed by atoms with Crippen molar-refractivity contribution in [2.45, 2.75) is 52.0 Å². The van der Waals surface area contributed by atoms with Crippen LogP contribution in [0, 0.1) is 0 Å². The summed E-state index contributed by atoms with van der Waals surface area (Å²) in [6.45, 7) is 8.09. The fourth-order valence-corrected chi connectivity index (χ4v) is 3.96. The van der Waals surface area contributed by atoms with E-state index in [0.717, 1.165) is 18.2 Å². The molecule has 0 aliphatic heterocycles. The number of nitrogens with one attached hydrogen (secondary N) is 2. The van der Waals surface area contributed by atoms with E-state index in [1.54, 1.807) is 12.3 Å². The molecule has 0 fully saturated rings. The molecule has 0 radical (unpaired) electrons. The molecule has 1 aliphatic carbocycles. The number of carbonyl (C=O) groups is 2. The van der Waals surface area contributed by atoms with E-state index in [2.05, 4.69) is 54.7 Å². The molecular weight excluding hydrogens is 364 g/mol. The maximum Gasteiger partial charge on any atom is 0.319 e. The number of carbonyl (C=O) groups excluding carboxylic acids is 2. The Kier molecular flexibility index (Phi) is 4.65. The third-order valence-corrected chi connectivity index (χ3v) is 5.55. The second-order valence-corrected chi connectivity index (χ2v) is 8.67. The van der Waals surface area contributed by atoms with Crippen LogP contribution in [-0.2, 0) is 11.8 Å². The second-order valence-electron chi connectivity index (χ2n) is 8.67. The summed E-state index contributed by atoms with van der Waals surface area (Å²) in [5.74, 6) is -0.168. The van der Waals surface area contributed by atoms with E-state index in [9.17, 15) is 9.59 Å². The van der Waals surface area contributed by atoms with Gasteiger partial charge in [-0.3, -0.25) is 4.79 Å². The molecule has 3 aromatic rings. The van der Waals surface area contributed by atoms with Crippen molar-refractivity contribution in [2.75, 3.05) is 5.32 Å². The summed E-state index contributed by atoms with van der Waals surface area (Å²) in [6, 6.07) is 11.7. The molecule has 2 aromatic carbocycles. The van der Waals surface area contributed by atoms with Gasteiger partial charge in [-0.15, -0.1) is 0 Å². The third kappa shape index (κ3) is 3.62. The molecule has 0 saturated carbocycles. The van der Waals surface area contributed by atoms with Gasteiger partial charge in [-0.25, -0.2) is 9.48 Å². The Morgan fingerprint density at radius 3 is 2.69 bits per heavy atom. The van der Waals surface area contributed by atoms with E-state index in [1.807, 2.05) is 12.1 Å². The number of fused-ring (bicyclic) bond motifs is 2. The fraction of sp³-hybridized carbons (Fsp3) is 0.348. The van der Waals surface area contributed by atoms with Crippen LogP contribution in [0.15, 0.2) is 42.6 Å². The Morgan fingerprint density at radius 2 is 1.97 bits per heavy atom. The van der Waals surface area contributed by atoms with E-state index in [1.165, 1.54) is 28.3 Å². The molecular formula is C23H26N4O2. The summed E-state index contributed by atoms with van der Waals surface area (Å²) in [5, 5.41) is 10.9. The number of benzene rings is 2. The number of aryl methyl sites for hydroxylation is 1. The van der Waals surface area contributed by atoms with Crippen molar-refractivity contribution in [3.8, 4) is 0 Å². The monoisotopic (exact) mass is 390 g/mol. The standard InChI is InChI=1S/C23H26N4O2/c1-14(28)27-21-7-5-6-19(18(21)13-24-27)25-22(29)26-20-11-8-15-12-16(23(2,3)4)9-10-17(15)20/h5-7,9-10,12-13,20H,8,11H2,1-4H3,(H2,25,26,29)/t20-/m1/s1. The minimum atomic E-state index is -0.258. The van der Waals surface area contributed by atoms with Gasteiger partial charge in [-0.1, -0.05) is 45.0 Å². The van der Waals surface area contributed by atoms with Gasteiger partial charge in [-0.05, 0) is 47.1 Å².